The van der Waals surface area contributed by atoms with Crippen LogP contribution in [0.3, 0.4) is 0 Å². The SMILES string of the molecule is CC(C)(C)NC1=C([Si](C)(C)C)C(c2ccccc2)c2ccccc21. The fourth-order valence-electron chi connectivity index (χ4n) is 3.73. The Bertz CT molecular complexity index is 761. The van der Waals surface area contributed by atoms with Crippen molar-refractivity contribution in [3.8, 4) is 0 Å². The van der Waals surface area contributed by atoms with Crippen LogP contribution < -0.4 is 5.32 Å². The lowest BCUT2D eigenvalue weighted by Gasteiger charge is -2.30. The third kappa shape index (κ3) is 3.20. The summed E-state index contributed by atoms with van der Waals surface area (Å²) in [5.41, 5.74) is 5.68. The van der Waals surface area contributed by atoms with Gasteiger partial charge in [0, 0.05) is 22.7 Å². The van der Waals surface area contributed by atoms with E-state index in [9.17, 15) is 0 Å². The van der Waals surface area contributed by atoms with E-state index < -0.39 is 8.07 Å². The molecule has 0 heterocycles. The van der Waals surface area contributed by atoms with Gasteiger partial charge >= 0.3 is 0 Å². The van der Waals surface area contributed by atoms with E-state index in [2.05, 4.69) is 100 Å². The Morgan fingerprint density at radius 3 is 2.00 bits per heavy atom. The molecule has 0 saturated heterocycles. The standard InChI is InChI=1S/C22H29NSi/c1-22(2,3)23-20-18-15-11-10-14-17(18)19(21(20)24(4,5)6)16-12-8-7-9-13-16/h7-15,19,23H,1-6H3. The highest BCUT2D eigenvalue weighted by Crippen LogP contribution is 2.48. The number of nitrogens with one attached hydrogen (secondary N) is 1. The van der Waals surface area contributed by atoms with Crippen LogP contribution in [0.2, 0.25) is 19.6 Å². The molecule has 0 amide bonds. The zero-order chi connectivity index (χ0) is 17.5. The summed E-state index contributed by atoms with van der Waals surface area (Å²) < 4.78 is 0. The van der Waals surface area contributed by atoms with Gasteiger partial charge in [-0.25, -0.2) is 0 Å². The molecule has 0 bridgehead atoms. The molecule has 0 aromatic heterocycles. The third-order valence-electron chi connectivity index (χ3n) is 4.54. The molecule has 1 nitrogen and oxygen atoms in total. The van der Waals surface area contributed by atoms with Gasteiger partial charge in [-0.15, -0.1) is 0 Å². The normalized spacial score (nSPS) is 17.8. The van der Waals surface area contributed by atoms with Crippen LogP contribution >= 0.6 is 0 Å². The van der Waals surface area contributed by atoms with Crippen molar-refractivity contribution < 1.29 is 0 Å². The van der Waals surface area contributed by atoms with Gasteiger partial charge in [-0.1, -0.05) is 74.2 Å². The molecule has 0 spiro atoms. The van der Waals surface area contributed by atoms with E-state index in [-0.39, 0.29) is 5.54 Å². The molecule has 126 valence electrons. The van der Waals surface area contributed by atoms with Gasteiger partial charge in [0.25, 0.3) is 0 Å². The zero-order valence-electron chi connectivity index (χ0n) is 15.8. The summed E-state index contributed by atoms with van der Waals surface area (Å²) in [5, 5.41) is 5.47. The van der Waals surface area contributed by atoms with E-state index in [0.717, 1.165) is 0 Å². The number of benzene rings is 2. The molecule has 0 radical (unpaired) electrons. The Morgan fingerprint density at radius 1 is 0.833 bits per heavy atom. The lowest BCUT2D eigenvalue weighted by Crippen LogP contribution is -2.37. The zero-order valence-corrected chi connectivity index (χ0v) is 16.8. The predicted molar refractivity (Wildman–Crippen MR) is 108 cm³/mol. The summed E-state index contributed by atoms with van der Waals surface area (Å²) in [6.45, 7) is 14.2. The van der Waals surface area contributed by atoms with Crippen LogP contribution in [0, 0.1) is 0 Å². The van der Waals surface area contributed by atoms with Crippen molar-refractivity contribution in [1.29, 1.82) is 0 Å². The lowest BCUT2D eigenvalue weighted by molar-refractivity contribution is 0.501. The van der Waals surface area contributed by atoms with E-state index in [1.807, 2.05) is 0 Å². The van der Waals surface area contributed by atoms with Crippen molar-refractivity contribution in [2.24, 2.45) is 0 Å². The Hall–Kier alpha value is -1.80. The van der Waals surface area contributed by atoms with Gasteiger partial charge in [-0.05, 0) is 37.1 Å². The maximum absolute atomic E-state index is 3.85. The minimum absolute atomic E-state index is 0.0545. The summed E-state index contributed by atoms with van der Waals surface area (Å²) in [6.07, 6.45) is 0. The smallest absolute Gasteiger partial charge is 0.0764 e. The Kier molecular flexibility index (Phi) is 4.21. The second-order valence-corrected chi connectivity index (χ2v) is 13.9. The number of rotatable bonds is 3. The first-order valence-corrected chi connectivity index (χ1v) is 12.4. The van der Waals surface area contributed by atoms with Gasteiger partial charge in [0.15, 0.2) is 0 Å². The summed E-state index contributed by atoms with van der Waals surface area (Å²) in [4.78, 5) is 0. The molecule has 2 aromatic carbocycles. The molecule has 3 rings (SSSR count). The highest BCUT2D eigenvalue weighted by molar-refractivity contribution is 6.84. The first-order valence-electron chi connectivity index (χ1n) is 8.85. The number of hydrogen-bond acceptors (Lipinski definition) is 1. The van der Waals surface area contributed by atoms with E-state index in [0.29, 0.717) is 5.92 Å². The Labute approximate surface area is 147 Å². The lowest BCUT2D eigenvalue weighted by atomic mass is 9.93. The second kappa shape index (κ2) is 5.93. The van der Waals surface area contributed by atoms with Crippen LogP contribution in [-0.2, 0) is 0 Å². The van der Waals surface area contributed by atoms with Crippen molar-refractivity contribution in [3.63, 3.8) is 0 Å². The fourth-order valence-corrected chi connectivity index (χ4v) is 5.87. The van der Waals surface area contributed by atoms with Crippen molar-refractivity contribution in [3.05, 3.63) is 76.5 Å². The molecule has 1 N–H and O–H groups in total. The molecule has 24 heavy (non-hydrogen) atoms. The van der Waals surface area contributed by atoms with Gasteiger partial charge in [-0.2, -0.15) is 0 Å². The van der Waals surface area contributed by atoms with Crippen LogP contribution in [0.5, 0.6) is 0 Å². The van der Waals surface area contributed by atoms with Crippen molar-refractivity contribution in [2.45, 2.75) is 51.9 Å². The molecular weight excluding hydrogens is 306 g/mol. The number of hydrogen-bond donors (Lipinski definition) is 1. The molecular formula is C22H29NSi. The van der Waals surface area contributed by atoms with E-state index in [1.165, 1.54) is 22.4 Å². The topological polar surface area (TPSA) is 12.0 Å². The average molecular weight is 336 g/mol. The maximum Gasteiger partial charge on any atom is 0.0764 e. The van der Waals surface area contributed by atoms with Gasteiger partial charge in [0.1, 0.15) is 0 Å². The van der Waals surface area contributed by atoms with Crippen molar-refractivity contribution >= 4 is 13.8 Å². The van der Waals surface area contributed by atoms with Crippen LogP contribution in [0.15, 0.2) is 59.8 Å². The van der Waals surface area contributed by atoms with Crippen LogP contribution in [-0.4, -0.2) is 13.6 Å². The minimum Gasteiger partial charge on any atom is -0.380 e. The molecule has 1 aliphatic carbocycles. The van der Waals surface area contributed by atoms with Crippen molar-refractivity contribution in [1.82, 2.24) is 5.32 Å². The van der Waals surface area contributed by atoms with Gasteiger partial charge in [-0.3, -0.25) is 0 Å². The molecule has 0 fully saturated rings. The number of allylic oxidation sites excluding steroid dienone is 1. The predicted octanol–water partition coefficient (Wildman–Crippen LogP) is 5.81. The first kappa shape index (κ1) is 17.0. The van der Waals surface area contributed by atoms with Crippen LogP contribution in [0.25, 0.3) is 5.70 Å². The second-order valence-electron chi connectivity index (χ2n) is 8.84. The molecule has 2 aromatic rings. The number of fused-ring (bicyclic) bond motifs is 1. The molecule has 1 aliphatic rings. The highest BCUT2D eigenvalue weighted by Gasteiger charge is 2.39. The van der Waals surface area contributed by atoms with E-state index in [4.69, 9.17) is 0 Å². The first-order chi connectivity index (χ1) is 11.2. The Balaban J connectivity index is 2.27. The van der Waals surface area contributed by atoms with Crippen LogP contribution in [0.4, 0.5) is 0 Å². The van der Waals surface area contributed by atoms with Crippen molar-refractivity contribution in [2.75, 3.05) is 0 Å². The molecule has 0 aliphatic heterocycles. The summed E-state index contributed by atoms with van der Waals surface area (Å²) >= 11 is 0. The molecule has 1 atom stereocenters. The molecule has 2 heteroatoms. The van der Waals surface area contributed by atoms with Gasteiger partial charge in [0.05, 0.1) is 8.07 Å². The summed E-state index contributed by atoms with van der Waals surface area (Å²) in [5.74, 6) is 0.388. The maximum atomic E-state index is 3.85. The monoisotopic (exact) mass is 335 g/mol. The largest absolute Gasteiger partial charge is 0.380 e. The highest BCUT2D eigenvalue weighted by atomic mass is 28.3. The average Bonchev–Trinajstić information content (AvgIpc) is 2.81. The van der Waals surface area contributed by atoms with Gasteiger partial charge < -0.3 is 5.32 Å². The molecule has 1 unspecified atom stereocenters. The Morgan fingerprint density at radius 2 is 1.42 bits per heavy atom. The summed E-state index contributed by atoms with van der Waals surface area (Å²) in [7, 11) is -1.51. The molecule has 0 saturated carbocycles. The van der Waals surface area contributed by atoms with Crippen LogP contribution in [0.1, 0.15) is 43.4 Å². The van der Waals surface area contributed by atoms with Gasteiger partial charge in [0.2, 0.25) is 0 Å². The minimum atomic E-state index is -1.51. The fraction of sp³-hybridized carbons (Fsp3) is 0.364. The van der Waals surface area contributed by atoms with E-state index >= 15 is 0 Å². The van der Waals surface area contributed by atoms with E-state index in [1.54, 1.807) is 5.20 Å². The third-order valence-corrected chi connectivity index (χ3v) is 6.69. The quantitative estimate of drug-likeness (QED) is 0.698. The summed E-state index contributed by atoms with van der Waals surface area (Å²) in [6, 6.07) is 19.9.